The fourth-order valence-electron chi connectivity index (χ4n) is 3.78. The van der Waals surface area contributed by atoms with Crippen molar-refractivity contribution in [1.82, 2.24) is 19.7 Å². The van der Waals surface area contributed by atoms with Gasteiger partial charge in [-0.1, -0.05) is 0 Å². The van der Waals surface area contributed by atoms with Gasteiger partial charge in [0.15, 0.2) is 17.4 Å². The Hall–Kier alpha value is -2.29. The Kier molecular flexibility index (Phi) is 6.65. The van der Waals surface area contributed by atoms with Crippen LogP contribution in [0, 0.1) is 18.1 Å². The molecule has 0 amide bonds. The van der Waals surface area contributed by atoms with E-state index >= 15 is 0 Å². The van der Waals surface area contributed by atoms with E-state index in [0.29, 0.717) is 10.9 Å². The number of aromatic hydroxyl groups is 1. The predicted octanol–water partition coefficient (Wildman–Crippen LogP) is 1.76. The first kappa shape index (κ1) is 22.9. The zero-order valence-corrected chi connectivity index (χ0v) is 20.1. The van der Waals surface area contributed by atoms with Crippen LogP contribution in [0.5, 0.6) is 5.75 Å². The van der Waals surface area contributed by atoms with Crippen LogP contribution < -0.4 is 34.5 Å². The molecular weight excluding hydrogens is 423 g/mol. The van der Waals surface area contributed by atoms with Gasteiger partial charge in [0, 0.05) is 43.0 Å². The van der Waals surface area contributed by atoms with Crippen LogP contribution in [0.15, 0.2) is 30.6 Å². The number of benzene rings is 2. The van der Waals surface area contributed by atoms with Crippen molar-refractivity contribution in [3.8, 4) is 17.0 Å². The van der Waals surface area contributed by atoms with Crippen molar-refractivity contribution in [3.05, 3.63) is 48.6 Å². The van der Waals surface area contributed by atoms with Gasteiger partial charge in [0.25, 0.3) is 0 Å². The Morgan fingerprint density at radius 2 is 1.78 bits per heavy atom. The van der Waals surface area contributed by atoms with Gasteiger partial charge in [-0.15, -0.1) is 0 Å². The summed E-state index contributed by atoms with van der Waals surface area (Å²) >= 11 is 0. The predicted molar refractivity (Wildman–Crippen MR) is 116 cm³/mol. The molecule has 2 aromatic heterocycles. The number of anilines is 1. The Bertz CT molecular complexity index is 1280. The molecule has 1 saturated heterocycles. The molecule has 1 saturated carbocycles. The Morgan fingerprint density at radius 3 is 2.47 bits per heavy atom. The topological polar surface area (TPSA) is 67.1 Å². The molecule has 1 N–H and O–H groups in total. The van der Waals surface area contributed by atoms with Crippen LogP contribution in [-0.4, -0.2) is 37.9 Å². The summed E-state index contributed by atoms with van der Waals surface area (Å²) < 4.78 is 30.7. The van der Waals surface area contributed by atoms with E-state index < -0.39 is 17.4 Å². The number of aryl methyl sites for hydroxylation is 1. The molecule has 4 aromatic rings. The molecule has 160 valence electrons. The van der Waals surface area contributed by atoms with Gasteiger partial charge in [-0.05, 0) is 31.0 Å². The number of hydrogen-bond acceptors (Lipinski definition) is 5. The fraction of sp³-hybridized carbons (Fsp3) is 0.304. The second kappa shape index (κ2) is 9.29. The maximum absolute atomic E-state index is 14.8. The van der Waals surface area contributed by atoms with E-state index in [-0.39, 0.29) is 51.8 Å². The monoisotopic (exact) mass is 445 g/mol. The number of phenolic OH excluding ortho intramolecular Hbond substituents is 1. The molecule has 0 atom stereocenters. The molecule has 2 fully saturated rings. The van der Waals surface area contributed by atoms with Gasteiger partial charge in [0.05, 0.1) is 17.4 Å². The van der Waals surface area contributed by atoms with E-state index in [2.05, 4.69) is 26.4 Å². The molecule has 32 heavy (non-hydrogen) atoms. The van der Waals surface area contributed by atoms with Crippen LogP contribution in [0.3, 0.4) is 0 Å². The van der Waals surface area contributed by atoms with Crippen LogP contribution in [-0.2, 0) is 7.05 Å². The minimum atomic E-state index is -0.833. The van der Waals surface area contributed by atoms with Crippen molar-refractivity contribution >= 4 is 27.6 Å². The van der Waals surface area contributed by atoms with Crippen LogP contribution in [0.1, 0.15) is 25.7 Å². The molecule has 2 aliphatic rings. The zero-order valence-electron chi connectivity index (χ0n) is 18.1. The largest absolute Gasteiger partial charge is 1.00 e. The average Bonchev–Trinajstić information content (AvgIpc) is 3.45. The van der Waals surface area contributed by atoms with Crippen LogP contribution in [0.2, 0.25) is 0 Å². The molecule has 9 heteroatoms. The number of fused-ring (bicyclic) bond motifs is 2. The van der Waals surface area contributed by atoms with Crippen LogP contribution in [0.25, 0.3) is 33.2 Å². The summed E-state index contributed by atoms with van der Waals surface area (Å²) in [6.45, 7) is 1.80. The van der Waals surface area contributed by atoms with Crippen molar-refractivity contribution in [2.75, 3.05) is 18.0 Å². The average molecular weight is 445 g/mol. The molecule has 1 aliphatic carbocycles. The van der Waals surface area contributed by atoms with Gasteiger partial charge < -0.3 is 16.4 Å². The van der Waals surface area contributed by atoms with Crippen molar-refractivity contribution < 1.29 is 43.4 Å². The van der Waals surface area contributed by atoms with E-state index in [4.69, 9.17) is 0 Å². The first-order valence-electron chi connectivity index (χ1n) is 10.4. The molecule has 0 bridgehead atoms. The second-order valence-electron chi connectivity index (χ2n) is 7.94. The summed E-state index contributed by atoms with van der Waals surface area (Å²) in [5.41, 5.74) is 1.71. The molecular formula is C23H22F2N5NaO. The normalized spacial score (nSPS) is 14.9. The third kappa shape index (κ3) is 4.44. The van der Waals surface area contributed by atoms with E-state index in [0.717, 1.165) is 31.6 Å². The van der Waals surface area contributed by atoms with Gasteiger partial charge in [-0.3, -0.25) is 9.67 Å². The van der Waals surface area contributed by atoms with Crippen molar-refractivity contribution in [2.24, 2.45) is 7.05 Å². The molecule has 2 aromatic carbocycles. The van der Waals surface area contributed by atoms with Crippen molar-refractivity contribution in [1.29, 1.82) is 0 Å². The van der Waals surface area contributed by atoms with Gasteiger partial charge >= 0.3 is 29.6 Å². The number of halogens is 2. The summed E-state index contributed by atoms with van der Waals surface area (Å²) in [5, 5.41) is 14.8. The number of nitrogens with zero attached hydrogens (tertiary/aromatic N) is 5. The van der Waals surface area contributed by atoms with Crippen LogP contribution >= 0.6 is 0 Å². The maximum atomic E-state index is 14.8. The Labute approximate surface area is 206 Å². The van der Waals surface area contributed by atoms with Gasteiger partial charge in [0.2, 0.25) is 0 Å². The molecule has 0 spiro atoms. The minimum absolute atomic E-state index is 0. The smallest absolute Gasteiger partial charge is 0.504 e. The standard InChI is InChI=1S/C20H17F2N5O.C3H5.Na/c1-26-10-11-6-13(20(28)17(22)18(11)25-26)16-9-23-15-8-12(27-4-2-3-5-27)7-14(21)19(15)24-16;1-2-3-1;/h6-10,28H,2-5H2,1H3;1H,2-3H2;/q;-1;+1. The Morgan fingerprint density at radius 1 is 1.06 bits per heavy atom. The number of phenols is 1. The number of rotatable bonds is 2. The second-order valence-corrected chi connectivity index (χ2v) is 7.94. The van der Waals surface area contributed by atoms with Gasteiger partial charge in [-0.25, -0.2) is 26.6 Å². The molecule has 0 unspecified atom stereocenters. The van der Waals surface area contributed by atoms with Gasteiger partial charge in [0.1, 0.15) is 11.0 Å². The number of aromatic nitrogens is 4. The molecule has 6 nitrogen and oxygen atoms in total. The summed E-state index contributed by atoms with van der Waals surface area (Å²) in [4.78, 5) is 10.8. The summed E-state index contributed by atoms with van der Waals surface area (Å²) in [7, 11) is 1.67. The third-order valence-electron chi connectivity index (χ3n) is 5.45. The van der Waals surface area contributed by atoms with Crippen molar-refractivity contribution in [2.45, 2.75) is 25.7 Å². The maximum Gasteiger partial charge on any atom is 1.00 e. The van der Waals surface area contributed by atoms with E-state index in [1.165, 1.54) is 29.8 Å². The van der Waals surface area contributed by atoms with E-state index in [9.17, 15) is 13.9 Å². The molecule has 3 heterocycles. The quantitative estimate of drug-likeness (QED) is 0.376. The molecule has 0 radical (unpaired) electrons. The van der Waals surface area contributed by atoms with Gasteiger partial charge in [-0.2, -0.15) is 5.10 Å². The van der Waals surface area contributed by atoms with Crippen LogP contribution in [0.4, 0.5) is 14.5 Å². The SMILES string of the molecule is Cn1cc2cc(-c3cnc4cc(N5CCCC5)cc(F)c4n3)c(O)c(F)c2n1.[CH-]1CC1.[Na+]. The fourth-order valence-corrected chi connectivity index (χ4v) is 3.78. The van der Waals surface area contributed by atoms with E-state index in [1.54, 1.807) is 19.3 Å². The minimum Gasteiger partial charge on any atom is -0.504 e. The summed E-state index contributed by atoms with van der Waals surface area (Å²) in [5.74, 6) is -1.90. The summed E-state index contributed by atoms with van der Waals surface area (Å²) in [6, 6.07) is 4.84. The summed E-state index contributed by atoms with van der Waals surface area (Å²) in [6.07, 6.45) is 10.2. The molecule has 6 rings (SSSR count). The zero-order chi connectivity index (χ0) is 21.5. The Balaban J connectivity index is 0.000000567. The van der Waals surface area contributed by atoms with E-state index in [1.807, 2.05) is 6.07 Å². The van der Waals surface area contributed by atoms with Crippen molar-refractivity contribution in [3.63, 3.8) is 0 Å². The third-order valence-corrected chi connectivity index (χ3v) is 5.45. The molecule has 1 aliphatic heterocycles. The number of hydrogen-bond donors (Lipinski definition) is 1. The first-order valence-corrected chi connectivity index (χ1v) is 10.4. The first-order chi connectivity index (χ1) is 15.0.